The molecule has 0 unspecified atom stereocenters. The maximum Gasteiger partial charge on any atom is 0.128 e. The molecule has 0 aliphatic carbocycles. The molecular formula is C13H19ClN2O. The molecular weight excluding hydrogens is 236 g/mol. The van der Waals surface area contributed by atoms with Gasteiger partial charge in [-0.3, -0.25) is 0 Å². The van der Waals surface area contributed by atoms with Crippen molar-refractivity contribution < 1.29 is 4.74 Å². The Labute approximate surface area is 108 Å². The van der Waals surface area contributed by atoms with E-state index in [1.165, 1.54) is 0 Å². The van der Waals surface area contributed by atoms with Gasteiger partial charge in [0.25, 0.3) is 0 Å². The molecule has 1 aromatic heterocycles. The van der Waals surface area contributed by atoms with E-state index in [4.69, 9.17) is 16.3 Å². The molecule has 94 valence electrons. The van der Waals surface area contributed by atoms with E-state index in [-0.39, 0.29) is 12.2 Å². The Balaban J connectivity index is 2.19. The lowest BCUT2D eigenvalue weighted by Crippen LogP contribution is -2.45. The molecule has 1 saturated heterocycles. The highest BCUT2D eigenvalue weighted by atomic mass is 35.5. The van der Waals surface area contributed by atoms with Gasteiger partial charge in [-0.25, -0.2) is 4.98 Å². The van der Waals surface area contributed by atoms with Crippen LogP contribution >= 0.6 is 11.6 Å². The number of nitrogens with zero attached hydrogens (tertiary/aromatic N) is 2. The average molecular weight is 255 g/mol. The van der Waals surface area contributed by atoms with Crippen LogP contribution in [-0.4, -0.2) is 30.3 Å². The van der Waals surface area contributed by atoms with Crippen LogP contribution in [0.1, 0.15) is 25.1 Å². The Hall–Kier alpha value is -0.800. The Bertz CT molecular complexity index is 387. The number of ether oxygens (including phenoxy) is 1. The summed E-state index contributed by atoms with van der Waals surface area (Å²) < 4.78 is 5.72. The van der Waals surface area contributed by atoms with Gasteiger partial charge in [-0.15, -0.1) is 11.6 Å². The highest BCUT2D eigenvalue weighted by molar-refractivity contribution is 6.17. The van der Waals surface area contributed by atoms with E-state index in [9.17, 15) is 0 Å². The summed E-state index contributed by atoms with van der Waals surface area (Å²) >= 11 is 5.84. The molecule has 0 saturated carbocycles. The summed E-state index contributed by atoms with van der Waals surface area (Å²) in [6.45, 7) is 8.01. The summed E-state index contributed by atoms with van der Waals surface area (Å²) in [5.74, 6) is 1.55. The van der Waals surface area contributed by atoms with Crippen LogP contribution < -0.4 is 4.90 Å². The fraction of sp³-hybridized carbons (Fsp3) is 0.615. The van der Waals surface area contributed by atoms with Crippen LogP contribution in [-0.2, 0) is 10.6 Å². The standard InChI is InChI=1S/C13H19ClN2O/c1-9-7-16(8-10(2)17-9)13-5-4-12(6-14)11(3)15-13/h4-5,9-10H,6-8H2,1-3H3/t9-,10+. The molecule has 0 aromatic carbocycles. The average Bonchev–Trinajstić information content (AvgIpc) is 2.27. The quantitative estimate of drug-likeness (QED) is 0.759. The number of alkyl halides is 1. The number of hydrogen-bond acceptors (Lipinski definition) is 3. The van der Waals surface area contributed by atoms with Crippen molar-refractivity contribution in [2.24, 2.45) is 0 Å². The molecule has 1 aliphatic rings. The normalized spacial score (nSPS) is 25.1. The second kappa shape index (κ2) is 5.23. The van der Waals surface area contributed by atoms with Crippen LogP contribution in [0.15, 0.2) is 12.1 Å². The molecule has 1 aliphatic heterocycles. The van der Waals surface area contributed by atoms with E-state index in [1.54, 1.807) is 0 Å². The Kier molecular flexibility index (Phi) is 3.89. The number of rotatable bonds is 2. The number of aryl methyl sites for hydroxylation is 1. The zero-order valence-electron chi connectivity index (χ0n) is 10.6. The lowest BCUT2D eigenvalue weighted by atomic mass is 10.2. The zero-order valence-corrected chi connectivity index (χ0v) is 11.4. The predicted molar refractivity (Wildman–Crippen MR) is 70.8 cm³/mol. The van der Waals surface area contributed by atoms with E-state index in [2.05, 4.69) is 35.9 Å². The molecule has 0 radical (unpaired) electrons. The van der Waals surface area contributed by atoms with Gasteiger partial charge in [-0.05, 0) is 32.4 Å². The highest BCUT2D eigenvalue weighted by Gasteiger charge is 2.23. The predicted octanol–water partition coefficient (Wildman–Crippen LogP) is 2.74. The minimum atomic E-state index is 0.258. The van der Waals surface area contributed by atoms with Gasteiger partial charge in [0, 0.05) is 24.7 Å². The van der Waals surface area contributed by atoms with Crippen molar-refractivity contribution in [3.63, 3.8) is 0 Å². The summed E-state index contributed by atoms with van der Waals surface area (Å²) in [5.41, 5.74) is 2.12. The minimum absolute atomic E-state index is 0.258. The summed E-state index contributed by atoms with van der Waals surface area (Å²) in [5, 5.41) is 0. The maximum atomic E-state index is 5.84. The van der Waals surface area contributed by atoms with Crippen molar-refractivity contribution in [3.05, 3.63) is 23.4 Å². The van der Waals surface area contributed by atoms with Crippen molar-refractivity contribution in [2.45, 2.75) is 38.9 Å². The fourth-order valence-electron chi connectivity index (χ4n) is 2.26. The van der Waals surface area contributed by atoms with Crippen molar-refractivity contribution in [1.29, 1.82) is 0 Å². The second-order valence-corrected chi connectivity index (χ2v) is 4.98. The van der Waals surface area contributed by atoms with Gasteiger partial charge >= 0.3 is 0 Å². The van der Waals surface area contributed by atoms with Crippen LogP contribution in [0.2, 0.25) is 0 Å². The Morgan fingerprint density at radius 2 is 2.00 bits per heavy atom. The first-order valence-corrected chi connectivity index (χ1v) is 6.56. The van der Waals surface area contributed by atoms with Gasteiger partial charge in [-0.1, -0.05) is 6.07 Å². The topological polar surface area (TPSA) is 25.4 Å². The van der Waals surface area contributed by atoms with Crippen LogP contribution in [0.25, 0.3) is 0 Å². The molecule has 3 nitrogen and oxygen atoms in total. The van der Waals surface area contributed by atoms with Gasteiger partial charge < -0.3 is 9.64 Å². The number of anilines is 1. The summed E-state index contributed by atoms with van der Waals surface area (Å²) in [4.78, 5) is 6.90. The first-order valence-electron chi connectivity index (χ1n) is 6.03. The molecule has 17 heavy (non-hydrogen) atoms. The van der Waals surface area contributed by atoms with Crippen molar-refractivity contribution in [2.75, 3.05) is 18.0 Å². The number of pyridine rings is 1. The monoisotopic (exact) mass is 254 g/mol. The van der Waals surface area contributed by atoms with Crippen LogP contribution in [0.4, 0.5) is 5.82 Å². The van der Waals surface area contributed by atoms with E-state index in [0.29, 0.717) is 5.88 Å². The number of halogens is 1. The fourth-order valence-corrected chi connectivity index (χ4v) is 2.54. The molecule has 0 N–H and O–H groups in total. The van der Waals surface area contributed by atoms with Crippen molar-refractivity contribution >= 4 is 17.4 Å². The van der Waals surface area contributed by atoms with Crippen LogP contribution in [0, 0.1) is 6.92 Å². The van der Waals surface area contributed by atoms with Gasteiger partial charge in [0.05, 0.1) is 12.2 Å². The van der Waals surface area contributed by atoms with Crippen molar-refractivity contribution in [1.82, 2.24) is 4.98 Å². The first kappa shape index (κ1) is 12.7. The molecule has 1 fully saturated rings. The summed E-state index contributed by atoms with van der Waals surface area (Å²) in [7, 11) is 0. The highest BCUT2D eigenvalue weighted by Crippen LogP contribution is 2.20. The second-order valence-electron chi connectivity index (χ2n) is 4.71. The first-order chi connectivity index (χ1) is 8.10. The van der Waals surface area contributed by atoms with E-state index in [0.717, 1.165) is 30.2 Å². The van der Waals surface area contributed by atoms with Gasteiger partial charge in [0.1, 0.15) is 5.82 Å². The third-order valence-corrected chi connectivity index (χ3v) is 3.36. The minimum Gasteiger partial charge on any atom is -0.372 e. The molecule has 0 bridgehead atoms. The number of morpholine rings is 1. The van der Waals surface area contributed by atoms with E-state index in [1.807, 2.05) is 6.92 Å². The molecule has 2 atom stereocenters. The van der Waals surface area contributed by atoms with Gasteiger partial charge in [0.2, 0.25) is 0 Å². The smallest absolute Gasteiger partial charge is 0.128 e. The van der Waals surface area contributed by atoms with E-state index < -0.39 is 0 Å². The number of aromatic nitrogens is 1. The third kappa shape index (κ3) is 2.90. The molecule has 0 spiro atoms. The maximum absolute atomic E-state index is 5.84. The lowest BCUT2D eigenvalue weighted by Gasteiger charge is -2.36. The molecule has 2 rings (SSSR count). The van der Waals surface area contributed by atoms with Crippen LogP contribution in [0.5, 0.6) is 0 Å². The Morgan fingerprint density at radius 1 is 1.35 bits per heavy atom. The molecule has 1 aromatic rings. The zero-order chi connectivity index (χ0) is 12.4. The SMILES string of the molecule is Cc1nc(N2C[C@@H](C)O[C@@H](C)C2)ccc1CCl. The van der Waals surface area contributed by atoms with Crippen molar-refractivity contribution in [3.8, 4) is 0 Å². The molecule has 2 heterocycles. The van der Waals surface area contributed by atoms with E-state index >= 15 is 0 Å². The molecule has 0 amide bonds. The number of hydrogen-bond donors (Lipinski definition) is 0. The summed E-state index contributed by atoms with van der Waals surface area (Å²) in [6.07, 6.45) is 0.516. The largest absolute Gasteiger partial charge is 0.372 e. The van der Waals surface area contributed by atoms with Gasteiger partial charge in [-0.2, -0.15) is 0 Å². The third-order valence-electron chi connectivity index (χ3n) is 3.07. The van der Waals surface area contributed by atoms with Crippen LogP contribution in [0.3, 0.4) is 0 Å². The lowest BCUT2D eigenvalue weighted by molar-refractivity contribution is -0.00546. The van der Waals surface area contributed by atoms with Gasteiger partial charge in [0.15, 0.2) is 0 Å². The summed E-state index contributed by atoms with van der Waals surface area (Å²) in [6, 6.07) is 4.12. The Morgan fingerprint density at radius 3 is 2.53 bits per heavy atom. The molecule has 4 heteroatoms.